The Balaban J connectivity index is 2.98. The summed E-state index contributed by atoms with van der Waals surface area (Å²) in [6, 6.07) is 4.73. The van der Waals surface area contributed by atoms with Gasteiger partial charge >= 0.3 is 0 Å². The standard InChI is InChI=1S/C10H13ClFN/c1-7(5-6-13)10-8(11)3-2-4-9(10)12/h2-4,7H,5-6,13H2,1H3. The van der Waals surface area contributed by atoms with E-state index in [-0.39, 0.29) is 11.7 Å². The summed E-state index contributed by atoms with van der Waals surface area (Å²) in [6.45, 7) is 2.48. The van der Waals surface area contributed by atoms with E-state index in [1.165, 1.54) is 6.07 Å². The SMILES string of the molecule is CC(CCN)c1c(F)cccc1Cl. The van der Waals surface area contributed by atoms with E-state index in [4.69, 9.17) is 17.3 Å². The topological polar surface area (TPSA) is 26.0 Å². The lowest BCUT2D eigenvalue weighted by Crippen LogP contribution is -2.06. The Kier molecular flexibility index (Phi) is 3.70. The highest BCUT2D eigenvalue weighted by molar-refractivity contribution is 6.31. The van der Waals surface area contributed by atoms with Crippen LogP contribution in [-0.4, -0.2) is 6.54 Å². The van der Waals surface area contributed by atoms with Crippen LogP contribution in [0.4, 0.5) is 4.39 Å². The molecule has 2 N–H and O–H groups in total. The molecule has 0 aliphatic rings. The van der Waals surface area contributed by atoms with Crippen LogP contribution in [0.1, 0.15) is 24.8 Å². The van der Waals surface area contributed by atoms with E-state index in [1.54, 1.807) is 12.1 Å². The maximum atomic E-state index is 13.3. The van der Waals surface area contributed by atoms with Crippen LogP contribution in [0.25, 0.3) is 0 Å². The zero-order valence-corrected chi connectivity index (χ0v) is 8.31. The van der Waals surface area contributed by atoms with Gasteiger partial charge in [0.15, 0.2) is 0 Å². The fraction of sp³-hybridized carbons (Fsp3) is 0.400. The molecule has 0 bridgehead atoms. The predicted molar refractivity (Wildman–Crippen MR) is 53.5 cm³/mol. The molecule has 1 rings (SSSR count). The number of benzene rings is 1. The van der Waals surface area contributed by atoms with Gasteiger partial charge in [-0.15, -0.1) is 0 Å². The second-order valence-electron chi connectivity index (χ2n) is 3.11. The summed E-state index contributed by atoms with van der Waals surface area (Å²) in [6.07, 6.45) is 0.751. The van der Waals surface area contributed by atoms with Gasteiger partial charge in [0, 0.05) is 10.6 Å². The van der Waals surface area contributed by atoms with Crippen molar-refractivity contribution >= 4 is 11.6 Å². The van der Waals surface area contributed by atoms with E-state index in [9.17, 15) is 4.39 Å². The third kappa shape index (κ3) is 2.42. The first-order valence-electron chi connectivity index (χ1n) is 4.30. The van der Waals surface area contributed by atoms with Crippen LogP contribution in [0.15, 0.2) is 18.2 Å². The molecule has 1 atom stereocenters. The Morgan fingerprint density at radius 3 is 2.77 bits per heavy atom. The summed E-state index contributed by atoms with van der Waals surface area (Å²) < 4.78 is 13.3. The summed E-state index contributed by atoms with van der Waals surface area (Å²) in [5.41, 5.74) is 5.98. The molecule has 1 aromatic rings. The molecule has 0 aliphatic heterocycles. The third-order valence-electron chi connectivity index (χ3n) is 2.09. The fourth-order valence-corrected chi connectivity index (χ4v) is 1.73. The molecule has 0 fully saturated rings. The van der Waals surface area contributed by atoms with Crippen molar-refractivity contribution in [1.82, 2.24) is 0 Å². The van der Waals surface area contributed by atoms with Crippen molar-refractivity contribution in [3.05, 3.63) is 34.6 Å². The van der Waals surface area contributed by atoms with Crippen LogP contribution in [-0.2, 0) is 0 Å². The Morgan fingerprint density at radius 1 is 1.54 bits per heavy atom. The summed E-state index contributed by atoms with van der Waals surface area (Å²) in [5.74, 6) is -0.160. The summed E-state index contributed by atoms with van der Waals surface area (Å²) >= 11 is 5.88. The maximum Gasteiger partial charge on any atom is 0.128 e. The van der Waals surface area contributed by atoms with Crippen molar-refractivity contribution in [2.75, 3.05) is 6.54 Å². The van der Waals surface area contributed by atoms with E-state index in [2.05, 4.69) is 0 Å². The van der Waals surface area contributed by atoms with Gasteiger partial charge in [0.25, 0.3) is 0 Å². The quantitative estimate of drug-likeness (QED) is 0.800. The number of hydrogen-bond acceptors (Lipinski definition) is 1. The predicted octanol–water partition coefficient (Wildman–Crippen LogP) is 2.93. The second kappa shape index (κ2) is 4.58. The van der Waals surface area contributed by atoms with Crippen LogP contribution >= 0.6 is 11.6 Å². The van der Waals surface area contributed by atoms with Crippen LogP contribution in [0.5, 0.6) is 0 Å². The largest absolute Gasteiger partial charge is 0.330 e. The molecular formula is C10H13ClFN. The summed E-state index contributed by atoms with van der Waals surface area (Å²) in [4.78, 5) is 0. The van der Waals surface area contributed by atoms with Gasteiger partial charge in [0.05, 0.1) is 0 Å². The molecule has 0 spiro atoms. The number of hydrogen-bond donors (Lipinski definition) is 1. The molecule has 1 nitrogen and oxygen atoms in total. The second-order valence-corrected chi connectivity index (χ2v) is 3.52. The van der Waals surface area contributed by atoms with Crippen LogP contribution in [0.2, 0.25) is 5.02 Å². The lowest BCUT2D eigenvalue weighted by atomic mass is 9.97. The molecule has 0 saturated heterocycles. The minimum Gasteiger partial charge on any atom is -0.330 e. The lowest BCUT2D eigenvalue weighted by molar-refractivity contribution is 0.577. The summed E-state index contributed by atoms with van der Waals surface area (Å²) in [5, 5.41) is 0.487. The zero-order valence-electron chi connectivity index (χ0n) is 7.56. The van der Waals surface area contributed by atoms with Crippen LogP contribution < -0.4 is 5.73 Å². The highest BCUT2D eigenvalue weighted by atomic mass is 35.5. The van der Waals surface area contributed by atoms with Crippen molar-refractivity contribution in [1.29, 1.82) is 0 Å². The first kappa shape index (κ1) is 10.5. The van der Waals surface area contributed by atoms with Gasteiger partial charge in [0.1, 0.15) is 5.82 Å². The molecule has 0 radical (unpaired) electrons. The highest BCUT2D eigenvalue weighted by Gasteiger charge is 2.13. The van der Waals surface area contributed by atoms with Crippen molar-refractivity contribution in [3.8, 4) is 0 Å². The molecular weight excluding hydrogens is 189 g/mol. The lowest BCUT2D eigenvalue weighted by Gasteiger charge is -2.12. The van der Waals surface area contributed by atoms with E-state index in [1.807, 2.05) is 6.92 Å². The number of rotatable bonds is 3. The Labute approximate surface area is 82.7 Å². The van der Waals surface area contributed by atoms with Crippen molar-refractivity contribution < 1.29 is 4.39 Å². The molecule has 1 unspecified atom stereocenters. The van der Waals surface area contributed by atoms with E-state index < -0.39 is 0 Å². The average Bonchev–Trinajstić information content (AvgIpc) is 2.04. The Morgan fingerprint density at radius 2 is 2.23 bits per heavy atom. The molecule has 13 heavy (non-hydrogen) atoms. The zero-order chi connectivity index (χ0) is 9.84. The molecule has 3 heteroatoms. The van der Waals surface area contributed by atoms with E-state index in [0.29, 0.717) is 17.1 Å². The van der Waals surface area contributed by atoms with Gasteiger partial charge in [-0.3, -0.25) is 0 Å². The monoisotopic (exact) mass is 201 g/mol. The Hall–Kier alpha value is -0.600. The normalized spacial score (nSPS) is 12.9. The minimum absolute atomic E-state index is 0.0821. The maximum absolute atomic E-state index is 13.3. The van der Waals surface area contributed by atoms with Crippen LogP contribution in [0.3, 0.4) is 0 Å². The molecule has 0 heterocycles. The van der Waals surface area contributed by atoms with Gasteiger partial charge in [-0.25, -0.2) is 4.39 Å². The first-order chi connectivity index (χ1) is 6.16. The molecule has 0 amide bonds. The van der Waals surface area contributed by atoms with Crippen LogP contribution in [0, 0.1) is 5.82 Å². The Bertz CT molecular complexity index is 268. The van der Waals surface area contributed by atoms with Gasteiger partial charge in [0.2, 0.25) is 0 Å². The van der Waals surface area contributed by atoms with Gasteiger partial charge in [-0.2, -0.15) is 0 Å². The van der Waals surface area contributed by atoms with Crippen molar-refractivity contribution in [2.45, 2.75) is 19.3 Å². The molecule has 72 valence electrons. The van der Waals surface area contributed by atoms with E-state index in [0.717, 1.165) is 6.42 Å². The van der Waals surface area contributed by atoms with Gasteiger partial charge in [-0.05, 0) is 31.0 Å². The highest BCUT2D eigenvalue weighted by Crippen LogP contribution is 2.28. The first-order valence-corrected chi connectivity index (χ1v) is 4.68. The third-order valence-corrected chi connectivity index (χ3v) is 2.42. The van der Waals surface area contributed by atoms with Gasteiger partial charge in [-0.1, -0.05) is 24.6 Å². The number of halogens is 2. The van der Waals surface area contributed by atoms with Gasteiger partial charge < -0.3 is 5.73 Å². The smallest absolute Gasteiger partial charge is 0.128 e. The van der Waals surface area contributed by atoms with Crippen molar-refractivity contribution in [3.63, 3.8) is 0 Å². The molecule has 1 aromatic carbocycles. The van der Waals surface area contributed by atoms with Crippen molar-refractivity contribution in [2.24, 2.45) is 5.73 Å². The molecule has 0 aromatic heterocycles. The molecule has 0 saturated carbocycles. The minimum atomic E-state index is -0.242. The molecule has 0 aliphatic carbocycles. The fourth-order valence-electron chi connectivity index (χ4n) is 1.38. The summed E-state index contributed by atoms with van der Waals surface area (Å²) in [7, 11) is 0. The average molecular weight is 202 g/mol. The van der Waals surface area contributed by atoms with E-state index >= 15 is 0 Å². The number of nitrogens with two attached hydrogens (primary N) is 1.